The SMILES string of the molecule is C=C(/C=C(\C)c1c#cc(-c2cc(-c3ccc4ccccc4c3)bc3ccc(-c4cc5ccccc5c5ccccc45)cc23)cc1)c1ccccc1.C=C(C)C1C#CC/C=C\C=C/1. The second-order valence-corrected chi connectivity index (χ2v) is 16.0. The maximum atomic E-state index is 4.32. The fourth-order valence-corrected chi connectivity index (χ4v) is 8.31. The predicted octanol–water partition coefficient (Wildman–Crippen LogP) is 16.1. The molecule has 0 aliphatic heterocycles. The van der Waals surface area contributed by atoms with Crippen LogP contribution in [0.5, 0.6) is 0 Å². The monoisotopic (exact) mass is 788 g/mol. The van der Waals surface area contributed by atoms with Crippen molar-refractivity contribution in [3.05, 3.63) is 236 Å². The van der Waals surface area contributed by atoms with E-state index in [9.17, 15) is 0 Å². The number of hydrogen-bond donors (Lipinski definition) is 0. The summed E-state index contributed by atoms with van der Waals surface area (Å²) in [4.78, 5) is 0. The minimum absolute atomic E-state index is 0.250. The van der Waals surface area contributed by atoms with Crippen LogP contribution in [0, 0.1) is 29.9 Å². The van der Waals surface area contributed by atoms with Gasteiger partial charge in [0.2, 0.25) is 0 Å². The van der Waals surface area contributed by atoms with Crippen molar-refractivity contribution in [3.8, 4) is 45.1 Å². The van der Waals surface area contributed by atoms with Crippen LogP contribution < -0.4 is 0 Å². The average molecular weight is 789 g/mol. The van der Waals surface area contributed by atoms with Gasteiger partial charge in [0.15, 0.2) is 0 Å². The molecular formula is C61H45B. The van der Waals surface area contributed by atoms with Crippen LogP contribution in [0.25, 0.3) is 87.4 Å². The molecule has 62 heavy (non-hydrogen) atoms. The molecule has 0 saturated heterocycles. The van der Waals surface area contributed by atoms with Crippen molar-refractivity contribution >= 4 is 61.0 Å². The Morgan fingerprint density at radius 2 is 1.32 bits per heavy atom. The van der Waals surface area contributed by atoms with E-state index in [0.29, 0.717) is 0 Å². The zero-order chi connectivity index (χ0) is 42.4. The third-order valence-electron chi connectivity index (χ3n) is 11.7. The molecule has 1 heterocycles. The van der Waals surface area contributed by atoms with Gasteiger partial charge >= 0.3 is 283 Å². The summed E-state index contributed by atoms with van der Waals surface area (Å²) in [5, 5.41) is 9.91. The van der Waals surface area contributed by atoms with E-state index in [1.807, 2.05) is 37.3 Å². The van der Waals surface area contributed by atoms with Gasteiger partial charge in [-0.1, -0.05) is 66.5 Å². The molecule has 1 aliphatic rings. The van der Waals surface area contributed by atoms with Crippen molar-refractivity contribution < 1.29 is 0 Å². The molecule has 1 atom stereocenters. The van der Waals surface area contributed by atoms with E-state index < -0.39 is 0 Å². The minimum atomic E-state index is 0.250. The van der Waals surface area contributed by atoms with Crippen molar-refractivity contribution in [2.24, 2.45) is 5.92 Å². The maximum absolute atomic E-state index is 4.32. The van der Waals surface area contributed by atoms with Crippen molar-refractivity contribution in [1.82, 2.24) is 0 Å². The van der Waals surface area contributed by atoms with Crippen LogP contribution in [0.15, 0.2) is 213 Å². The molecule has 0 fully saturated rings. The summed E-state index contributed by atoms with van der Waals surface area (Å²) in [5.74, 6) is 6.45. The molecule has 0 N–H and O–H groups in total. The minimum Gasteiger partial charge on any atom is -0.0986 e. The molecule has 292 valence electrons. The molecule has 0 saturated carbocycles. The van der Waals surface area contributed by atoms with Crippen LogP contribution in [0.1, 0.15) is 31.4 Å². The summed E-state index contributed by atoms with van der Waals surface area (Å²) < 4.78 is 0. The summed E-state index contributed by atoms with van der Waals surface area (Å²) >= 11 is 0. The first-order valence-electron chi connectivity index (χ1n) is 21.2. The predicted molar refractivity (Wildman–Crippen MR) is 270 cm³/mol. The molecular weight excluding hydrogens is 743 g/mol. The molecule has 0 bridgehead atoms. The van der Waals surface area contributed by atoms with Crippen molar-refractivity contribution in [2.45, 2.75) is 20.3 Å². The summed E-state index contributed by atoms with van der Waals surface area (Å²) in [7, 11) is 0. The molecule has 0 amide bonds. The Labute approximate surface area is 366 Å². The van der Waals surface area contributed by atoms with Gasteiger partial charge in [-0.25, -0.2) is 0 Å². The zero-order valence-electron chi connectivity index (χ0n) is 35.3. The Kier molecular flexibility index (Phi) is 11.5. The Morgan fingerprint density at radius 3 is 2.11 bits per heavy atom. The van der Waals surface area contributed by atoms with E-state index >= 15 is 0 Å². The van der Waals surface area contributed by atoms with E-state index in [2.05, 4.69) is 215 Å². The molecule has 1 aromatic heterocycles. The summed E-state index contributed by atoms with van der Waals surface area (Å²) in [6.07, 6.45) is 11.2. The topological polar surface area (TPSA) is 0 Å². The van der Waals surface area contributed by atoms with Crippen LogP contribution in [0.2, 0.25) is 0 Å². The third kappa shape index (κ3) is 8.49. The smallest absolute Gasteiger partial charge is 0.0986 e. The van der Waals surface area contributed by atoms with E-state index in [1.54, 1.807) is 0 Å². The molecule has 8 aromatic carbocycles. The van der Waals surface area contributed by atoms with E-state index in [4.69, 9.17) is 0 Å². The fourth-order valence-electron chi connectivity index (χ4n) is 8.31. The molecule has 9 aromatic rings. The van der Waals surface area contributed by atoms with E-state index in [1.165, 1.54) is 65.1 Å². The molecule has 1 heteroatoms. The number of rotatable bonds is 7. The van der Waals surface area contributed by atoms with Gasteiger partial charge in [0, 0.05) is 6.42 Å². The molecule has 0 radical (unpaired) electrons. The van der Waals surface area contributed by atoms with Crippen molar-refractivity contribution in [3.63, 3.8) is 0 Å². The first-order valence-corrected chi connectivity index (χ1v) is 21.2. The van der Waals surface area contributed by atoms with Crippen LogP contribution in [-0.4, -0.2) is 6.91 Å². The molecule has 1 aliphatic carbocycles. The van der Waals surface area contributed by atoms with E-state index in [0.717, 1.165) is 45.4 Å². The second kappa shape index (κ2) is 17.9. The Bertz CT molecular complexity index is 3310. The second-order valence-electron chi connectivity index (χ2n) is 16.0. The number of allylic oxidation sites excluding steroid dienone is 8. The van der Waals surface area contributed by atoms with Gasteiger partial charge in [-0.15, -0.1) is 0 Å². The van der Waals surface area contributed by atoms with Crippen LogP contribution in [0.4, 0.5) is 0 Å². The fraction of sp³-hybridized carbons (Fsp3) is 0.0656. The summed E-state index contributed by atoms with van der Waals surface area (Å²) in [5.41, 5.74) is 12.3. The van der Waals surface area contributed by atoms with Crippen LogP contribution >= 0.6 is 0 Å². The molecule has 10 rings (SSSR count). The summed E-state index contributed by atoms with van der Waals surface area (Å²) in [6, 6.07) is 66.0. The Morgan fingerprint density at radius 1 is 0.597 bits per heavy atom. The van der Waals surface area contributed by atoms with Gasteiger partial charge in [0.05, 0.1) is 5.92 Å². The first-order chi connectivity index (χ1) is 30.4. The first kappa shape index (κ1) is 39.7. The van der Waals surface area contributed by atoms with Gasteiger partial charge in [-0.05, 0) is 6.92 Å². The van der Waals surface area contributed by atoms with Gasteiger partial charge in [0.25, 0.3) is 0 Å². The van der Waals surface area contributed by atoms with Gasteiger partial charge < -0.3 is 0 Å². The van der Waals surface area contributed by atoms with Crippen LogP contribution in [-0.2, 0) is 0 Å². The van der Waals surface area contributed by atoms with Crippen molar-refractivity contribution in [2.75, 3.05) is 0 Å². The zero-order valence-corrected chi connectivity index (χ0v) is 35.3. The summed E-state index contributed by atoms with van der Waals surface area (Å²) in [6.45, 7) is 14.6. The Hall–Kier alpha value is -7.71. The number of benzene rings is 7. The van der Waals surface area contributed by atoms with Gasteiger partial charge in [-0.2, -0.15) is 0 Å². The van der Waals surface area contributed by atoms with Gasteiger partial charge in [0.1, 0.15) is 0 Å². The third-order valence-corrected chi connectivity index (χ3v) is 11.7. The standard InChI is InChI=1S/C50H33B.C11H12/c1-33(35-12-4-3-5-13-35)28-34(2)36-20-23-38(24-21-36)47-32-50(42-25-22-37-14-6-7-15-39(37)29-42)51-49-27-26-41(31-48(47)49)46-30-40-16-8-9-17-43(40)44-18-10-11-19-45(44)46;1-10(2)11-8-6-4-3-5-7-9-11/h3-20,22-23,25-32H,1H2,2H3;3-4,6,8,11H,1,5H2,2H3/b34-28+;4-3-,8-6-. The number of hydrogen-bond acceptors (Lipinski definition) is 0. The van der Waals surface area contributed by atoms with Crippen LogP contribution in [0.3, 0.4) is 0 Å². The molecule has 0 spiro atoms. The van der Waals surface area contributed by atoms with E-state index in [-0.39, 0.29) is 5.92 Å². The molecule has 0 nitrogen and oxygen atoms in total. The Balaban J connectivity index is 0.000000391. The molecule has 1 unspecified atom stereocenters. The van der Waals surface area contributed by atoms with Crippen molar-refractivity contribution in [1.29, 1.82) is 0 Å². The average Bonchev–Trinajstić information content (AvgIpc) is 3.31. The number of fused-ring (bicyclic) bond motifs is 5. The normalized spacial score (nSPS) is 14.4. The van der Waals surface area contributed by atoms with Gasteiger partial charge in [-0.3, -0.25) is 0 Å². The quantitative estimate of drug-likeness (QED) is 0.0653.